The second kappa shape index (κ2) is 7.35. The smallest absolute Gasteiger partial charge is 0.271 e. The van der Waals surface area contributed by atoms with Gasteiger partial charge in [-0.1, -0.05) is 0 Å². The van der Waals surface area contributed by atoms with E-state index in [1.165, 1.54) is 0 Å². The van der Waals surface area contributed by atoms with Gasteiger partial charge in [-0.25, -0.2) is 4.98 Å². The van der Waals surface area contributed by atoms with Crippen LogP contribution in [0.15, 0.2) is 36.8 Å². The van der Waals surface area contributed by atoms with Crippen LogP contribution in [0.3, 0.4) is 0 Å². The van der Waals surface area contributed by atoms with Crippen molar-refractivity contribution in [3.05, 3.63) is 48.0 Å². The summed E-state index contributed by atoms with van der Waals surface area (Å²) in [4.78, 5) is 37.3. The van der Waals surface area contributed by atoms with E-state index in [1.54, 1.807) is 18.5 Å². The van der Waals surface area contributed by atoms with Gasteiger partial charge in [-0.3, -0.25) is 14.7 Å². The number of nitrogens with one attached hydrogen (secondary N) is 2. The van der Waals surface area contributed by atoms with Gasteiger partial charge in [-0.05, 0) is 49.8 Å². The first-order valence-electron chi connectivity index (χ1n) is 10.2. The maximum Gasteiger partial charge on any atom is 0.271 e. The van der Waals surface area contributed by atoms with Gasteiger partial charge in [-0.2, -0.15) is 5.10 Å². The molecule has 5 heterocycles. The summed E-state index contributed by atoms with van der Waals surface area (Å²) in [5.74, 6) is 0.333. The number of rotatable bonds is 3. The third-order valence-electron chi connectivity index (χ3n) is 6.24. The normalized spacial score (nSPS) is 22.3. The molecule has 2 fully saturated rings. The molecule has 0 aromatic carbocycles. The van der Waals surface area contributed by atoms with Crippen LogP contribution in [0.1, 0.15) is 46.5 Å². The topological polar surface area (TPSA) is 98.0 Å². The number of hydrogen-bond donors (Lipinski definition) is 2. The van der Waals surface area contributed by atoms with E-state index >= 15 is 0 Å². The molecule has 8 nitrogen and oxygen atoms in total. The average molecular weight is 392 g/mol. The Kier molecular flexibility index (Phi) is 4.54. The van der Waals surface area contributed by atoms with Crippen LogP contribution in [-0.4, -0.2) is 67.5 Å². The highest BCUT2D eigenvalue weighted by Gasteiger charge is 2.38. The molecule has 150 valence electrons. The molecule has 0 spiro atoms. The number of pyridine rings is 1. The highest BCUT2D eigenvalue weighted by molar-refractivity contribution is 5.97. The van der Waals surface area contributed by atoms with E-state index < -0.39 is 0 Å². The first-order chi connectivity index (χ1) is 14.2. The Hall–Kier alpha value is -3.16. The van der Waals surface area contributed by atoms with Crippen molar-refractivity contribution >= 4 is 22.8 Å². The van der Waals surface area contributed by atoms with E-state index in [4.69, 9.17) is 0 Å². The van der Waals surface area contributed by atoms with Gasteiger partial charge >= 0.3 is 0 Å². The number of hydrogen-bond acceptors (Lipinski definition) is 4. The van der Waals surface area contributed by atoms with Crippen molar-refractivity contribution in [2.75, 3.05) is 19.6 Å². The third-order valence-corrected chi connectivity index (χ3v) is 6.24. The number of fused-ring (bicyclic) bond motifs is 1. The average Bonchev–Trinajstić information content (AvgIpc) is 3.53. The molecule has 0 saturated carbocycles. The van der Waals surface area contributed by atoms with Crippen molar-refractivity contribution in [3.63, 3.8) is 0 Å². The lowest BCUT2D eigenvalue weighted by molar-refractivity contribution is 0.0515. The Morgan fingerprint density at radius 1 is 1.10 bits per heavy atom. The largest absolute Gasteiger partial charge is 0.346 e. The summed E-state index contributed by atoms with van der Waals surface area (Å²) in [5, 5.41) is 7.58. The Balaban J connectivity index is 1.33. The van der Waals surface area contributed by atoms with E-state index in [2.05, 4.69) is 20.2 Å². The van der Waals surface area contributed by atoms with Crippen molar-refractivity contribution in [3.8, 4) is 0 Å². The molecule has 3 aromatic heterocycles. The number of piperidine rings is 1. The Labute approximate surface area is 168 Å². The van der Waals surface area contributed by atoms with Crippen molar-refractivity contribution in [2.24, 2.45) is 5.92 Å². The molecule has 8 heteroatoms. The predicted molar refractivity (Wildman–Crippen MR) is 107 cm³/mol. The molecule has 2 amide bonds. The van der Waals surface area contributed by atoms with Crippen LogP contribution in [-0.2, 0) is 0 Å². The number of carbonyl (C=O) groups excluding carboxylic acids is 2. The SMILES string of the molecule is O=C(c1ccn[nH]1)N1CCC(C2CCCCN2C(=O)c2cnc3[nH]ccc3c2)C1. The minimum atomic E-state index is -0.0132. The van der Waals surface area contributed by atoms with E-state index in [1.807, 2.05) is 28.1 Å². The fourth-order valence-corrected chi connectivity index (χ4v) is 4.75. The summed E-state index contributed by atoms with van der Waals surface area (Å²) in [7, 11) is 0. The molecule has 2 aliphatic heterocycles. The van der Waals surface area contributed by atoms with Crippen molar-refractivity contribution < 1.29 is 9.59 Å². The fourth-order valence-electron chi connectivity index (χ4n) is 4.75. The molecule has 2 N–H and O–H groups in total. The van der Waals surface area contributed by atoms with Crippen LogP contribution >= 0.6 is 0 Å². The second-order valence-corrected chi connectivity index (χ2v) is 7.97. The number of carbonyl (C=O) groups is 2. The number of aromatic amines is 2. The lowest BCUT2D eigenvalue weighted by Crippen LogP contribution is -2.48. The summed E-state index contributed by atoms with van der Waals surface area (Å²) >= 11 is 0. The standard InChI is InChI=1S/C21H24N6O2/c28-20(16-11-14-4-7-22-19(14)23-12-16)27-9-2-1-3-18(27)15-6-10-26(13-15)21(29)17-5-8-24-25-17/h4-5,7-8,11-12,15,18H,1-3,6,9-10,13H2,(H,22,23)(H,24,25). The van der Waals surface area contributed by atoms with Crippen molar-refractivity contribution in [2.45, 2.75) is 31.7 Å². The minimum Gasteiger partial charge on any atom is -0.346 e. The van der Waals surface area contributed by atoms with Crippen LogP contribution in [0.5, 0.6) is 0 Å². The molecular formula is C21H24N6O2. The van der Waals surface area contributed by atoms with E-state index in [9.17, 15) is 9.59 Å². The second-order valence-electron chi connectivity index (χ2n) is 7.97. The molecule has 29 heavy (non-hydrogen) atoms. The summed E-state index contributed by atoms with van der Waals surface area (Å²) in [5.41, 5.74) is 1.95. The monoisotopic (exact) mass is 392 g/mol. The lowest BCUT2D eigenvalue weighted by Gasteiger charge is -2.39. The molecule has 0 aliphatic carbocycles. The van der Waals surface area contributed by atoms with Gasteiger partial charge in [-0.15, -0.1) is 0 Å². The molecule has 3 aromatic rings. The fraction of sp³-hybridized carbons (Fsp3) is 0.429. The number of nitrogens with zero attached hydrogens (tertiary/aromatic N) is 4. The van der Waals surface area contributed by atoms with Crippen molar-refractivity contribution in [1.29, 1.82) is 0 Å². The highest BCUT2D eigenvalue weighted by atomic mass is 16.2. The molecule has 2 saturated heterocycles. The van der Waals surface area contributed by atoms with Crippen LogP contribution in [0, 0.1) is 5.92 Å². The highest BCUT2D eigenvalue weighted by Crippen LogP contribution is 2.31. The molecule has 5 rings (SSSR count). The summed E-state index contributed by atoms with van der Waals surface area (Å²) in [6.45, 7) is 2.17. The van der Waals surface area contributed by atoms with E-state index in [0.29, 0.717) is 23.7 Å². The van der Waals surface area contributed by atoms with Crippen LogP contribution in [0.25, 0.3) is 11.0 Å². The molecule has 2 unspecified atom stereocenters. The molecule has 0 radical (unpaired) electrons. The zero-order chi connectivity index (χ0) is 19.8. The van der Waals surface area contributed by atoms with Crippen LogP contribution < -0.4 is 0 Å². The Morgan fingerprint density at radius 2 is 2.03 bits per heavy atom. The third kappa shape index (κ3) is 3.28. The van der Waals surface area contributed by atoms with Gasteiger partial charge in [0.25, 0.3) is 11.8 Å². The number of aromatic nitrogens is 4. The minimum absolute atomic E-state index is 0.0132. The summed E-state index contributed by atoms with van der Waals surface area (Å²) in [6, 6.07) is 5.71. The van der Waals surface area contributed by atoms with Gasteiger partial charge in [0, 0.05) is 49.7 Å². The quantitative estimate of drug-likeness (QED) is 0.715. The Bertz CT molecular complexity index is 1030. The maximum absolute atomic E-state index is 13.3. The van der Waals surface area contributed by atoms with Gasteiger partial charge in [0.1, 0.15) is 11.3 Å². The number of H-pyrrole nitrogens is 2. The van der Waals surface area contributed by atoms with Gasteiger partial charge in [0.15, 0.2) is 0 Å². The Morgan fingerprint density at radius 3 is 2.90 bits per heavy atom. The lowest BCUT2D eigenvalue weighted by atomic mass is 9.89. The maximum atomic E-state index is 13.3. The van der Waals surface area contributed by atoms with Crippen molar-refractivity contribution in [1.82, 2.24) is 30.0 Å². The molecule has 0 bridgehead atoms. The first-order valence-corrected chi connectivity index (χ1v) is 10.2. The zero-order valence-electron chi connectivity index (χ0n) is 16.2. The number of amides is 2. The van der Waals surface area contributed by atoms with Crippen LogP contribution in [0.4, 0.5) is 0 Å². The van der Waals surface area contributed by atoms with Gasteiger partial charge in [0.2, 0.25) is 0 Å². The molecule has 2 atom stereocenters. The van der Waals surface area contributed by atoms with Gasteiger partial charge in [0.05, 0.1) is 5.56 Å². The van der Waals surface area contributed by atoms with E-state index in [0.717, 1.165) is 49.8 Å². The number of likely N-dealkylation sites (tertiary alicyclic amines) is 2. The molecule has 2 aliphatic rings. The molecular weight excluding hydrogens is 368 g/mol. The van der Waals surface area contributed by atoms with E-state index in [-0.39, 0.29) is 17.9 Å². The zero-order valence-corrected chi connectivity index (χ0v) is 16.2. The summed E-state index contributed by atoms with van der Waals surface area (Å²) < 4.78 is 0. The van der Waals surface area contributed by atoms with Crippen LogP contribution in [0.2, 0.25) is 0 Å². The van der Waals surface area contributed by atoms with Gasteiger partial charge < -0.3 is 14.8 Å². The predicted octanol–water partition coefficient (Wildman–Crippen LogP) is 2.44. The first kappa shape index (κ1) is 17.9. The summed E-state index contributed by atoms with van der Waals surface area (Å²) in [6.07, 6.45) is 9.14.